The van der Waals surface area contributed by atoms with E-state index < -0.39 is 16.8 Å². The predicted octanol–water partition coefficient (Wildman–Crippen LogP) is 2.83. The Balaban J connectivity index is 3.32. The van der Waals surface area contributed by atoms with Gasteiger partial charge in [0.25, 0.3) is 0 Å². The van der Waals surface area contributed by atoms with Crippen LogP contribution >= 0.6 is 11.6 Å². The molecule has 0 amide bonds. The zero-order valence-electron chi connectivity index (χ0n) is 7.86. The van der Waals surface area contributed by atoms with Gasteiger partial charge < -0.3 is 10.5 Å². The third kappa shape index (κ3) is 2.54. The van der Waals surface area contributed by atoms with Crippen LogP contribution in [0.4, 0.5) is 13.2 Å². The summed E-state index contributed by atoms with van der Waals surface area (Å²) < 4.78 is 42.2. The highest BCUT2D eigenvalue weighted by Crippen LogP contribution is 2.38. The second-order valence-electron chi connectivity index (χ2n) is 2.85. The van der Waals surface area contributed by atoms with Crippen LogP contribution in [0, 0.1) is 0 Å². The third-order valence-electron chi connectivity index (χ3n) is 1.90. The van der Waals surface area contributed by atoms with Crippen molar-refractivity contribution < 1.29 is 17.9 Å². The van der Waals surface area contributed by atoms with E-state index in [2.05, 4.69) is 0 Å². The number of hydrogen-bond acceptors (Lipinski definition) is 2. The Morgan fingerprint density at radius 2 is 2.00 bits per heavy atom. The molecule has 0 bridgehead atoms. The molecular formula is C9H9ClF3NO. The van der Waals surface area contributed by atoms with Gasteiger partial charge >= 0.3 is 6.18 Å². The summed E-state index contributed by atoms with van der Waals surface area (Å²) in [6.07, 6.45) is -4.48. The highest BCUT2D eigenvalue weighted by atomic mass is 35.5. The minimum absolute atomic E-state index is 0.0383. The van der Waals surface area contributed by atoms with Gasteiger partial charge in [-0.3, -0.25) is 0 Å². The van der Waals surface area contributed by atoms with Crippen molar-refractivity contribution in [2.24, 2.45) is 5.73 Å². The molecule has 0 saturated heterocycles. The van der Waals surface area contributed by atoms with Crippen molar-refractivity contribution in [2.75, 3.05) is 7.11 Å². The van der Waals surface area contributed by atoms with Gasteiger partial charge in [0.05, 0.1) is 17.7 Å². The van der Waals surface area contributed by atoms with Crippen LogP contribution in [0.3, 0.4) is 0 Å². The van der Waals surface area contributed by atoms with Gasteiger partial charge in [0.15, 0.2) is 0 Å². The van der Waals surface area contributed by atoms with Crippen molar-refractivity contribution in [3.05, 3.63) is 28.3 Å². The van der Waals surface area contributed by atoms with E-state index in [0.29, 0.717) is 0 Å². The molecule has 0 aliphatic rings. The lowest BCUT2D eigenvalue weighted by Crippen LogP contribution is -2.09. The molecule has 0 radical (unpaired) electrons. The van der Waals surface area contributed by atoms with Crippen molar-refractivity contribution in [3.8, 4) is 5.75 Å². The molecule has 0 aliphatic carbocycles. The van der Waals surface area contributed by atoms with Crippen molar-refractivity contribution in [1.29, 1.82) is 0 Å². The first-order valence-corrected chi connectivity index (χ1v) is 4.41. The van der Waals surface area contributed by atoms with Crippen LogP contribution in [-0.2, 0) is 12.7 Å². The van der Waals surface area contributed by atoms with Crippen molar-refractivity contribution in [1.82, 2.24) is 0 Å². The Labute approximate surface area is 89.8 Å². The molecule has 1 aromatic rings. The molecule has 1 rings (SSSR count). The summed E-state index contributed by atoms with van der Waals surface area (Å²) in [4.78, 5) is 0. The molecule has 2 N–H and O–H groups in total. The van der Waals surface area contributed by atoms with Gasteiger partial charge in [0.1, 0.15) is 5.75 Å². The topological polar surface area (TPSA) is 35.2 Å². The van der Waals surface area contributed by atoms with Gasteiger partial charge in [-0.2, -0.15) is 13.2 Å². The summed E-state index contributed by atoms with van der Waals surface area (Å²) >= 11 is 5.48. The number of nitrogens with two attached hydrogens (primary N) is 1. The van der Waals surface area contributed by atoms with Crippen molar-refractivity contribution in [2.45, 2.75) is 12.7 Å². The molecule has 0 atom stereocenters. The largest absolute Gasteiger partial charge is 0.496 e. The van der Waals surface area contributed by atoms with Gasteiger partial charge in [-0.05, 0) is 12.1 Å². The number of alkyl halides is 3. The molecule has 0 unspecified atom stereocenters. The van der Waals surface area contributed by atoms with E-state index in [4.69, 9.17) is 22.1 Å². The fourth-order valence-electron chi connectivity index (χ4n) is 1.17. The summed E-state index contributed by atoms with van der Waals surface area (Å²) in [7, 11) is 1.35. The Morgan fingerprint density at radius 1 is 1.40 bits per heavy atom. The summed E-state index contributed by atoms with van der Waals surface area (Å²) in [5.41, 5.74) is 4.67. The highest BCUT2D eigenvalue weighted by Gasteiger charge is 2.34. The van der Waals surface area contributed by atoms with Crippen LogP contribution in [-0.4, -0.2) is 7.11 Å². The Hall–Kier alpha value is -0.940. The SMILES string of the molecule is COc1cc(Cl)c(C(F)(F)F)cc1CN. The average Bonchev–Trinajstić information content (AvgIpc) is 2.15. The molecule has 15 heavy (non-hydrogen) atoms. The molecule has 0 saturated carbocycles. The number of methoxy groups -OCH3 is 1. The van der Waals surface area contributed by atoms with E-state index >= 15 is 0 Å². The van der Waals surface area contributed by atoms with E-state index in [1.807, 2.05) is 0 Å². The first-order chi connectivity index (χ1) is 6.90. The van der Waals surface area contributed by atoms with Crippen LogP contribution in [0.2, 0.25) is 5.02 Å². The maximum atomic E-state index is 12.4. The van der Waals surface area contributed by atoms with Crippen molar-refractivity contribution >= 4 is 11.6 Å². The first-order valence-electron chi connectivity index (χ1n) is 4.03. The molecule has 84 valence electrons. The fourth-order valence-corrected chi connectivity index (χ4v) is 1.43. The van der Waals surface area contributed by atoms with Crippen LogP contribution < -0.4 is 10.5 Å². The molecule has 1 aromatic carbocycles. The first kappa shape index (κ1) is 12.1. The van der Waals surface area contributed by atoms with E-state index in [0.717, 1.165) is 12.1 Å². The summed E-state index contributed by atoms with van der Waals surface area (Å²) in [6, 6.07) is 2.02. The molecule has 0 aromatic heterocycles. The fraction of sp³-hybridized carbons (Fsp3) is 0.333. The number of ether oxygens (including phenoxy) is 1. The van der Waals surface area contributed by atoms with Gasteiger partial charge in [-0.15, -0.1) is 0 Å². The van der Waals surface area contributed by atoms with E-state index in [-0.39, 0.29) is 17.9 Å². The number of halogens is 4. The average molecular weight is 240 g/mol. The summed E-state index contributed by atoms with van der Waals surface area (Å²) in [5, 5.41) is -0.392. The third-order valence-corrected chi connectivity index (χ3v) is 2.21. The predicted molar refractivity (Wildman–Crippen MR) is 50.9 cm³/mol. The molecule has 0 spiro atoms. The van der Waals surface area contributed by atoms with Gasteiger partial charge in [0, 0.05) is 12.1 Å². The van der Waals surface area contributed by atoms with Crippen LogP contribution in [0.5, 0.6) is 5.75 Å². The maximum Gasteiger partial charge on any atom is 0.417 e. The highest BCUT2D eigenvalue weighted by molar-refractivity contribution is 6.31. The molecule has 0 fully saturated rings. The molecule has 2 nitrogen and oxygen atoms in total. The van der Waals surface area contributed by atoms with E-state index in [9.17, 15) is 13.2 Å². The second-order valence-corrected chi connectivity index (χ2v) is 3.25. The second kappa shape index (κ2) is 4.28. The molecule has 6 heteroatoms. The lowest BCUT2D eigenvalue weighted by atomic mass is 10.1. The normalized spacial score (nSPS) is 11.6. The lowest BCUT2D eigenvalue weighted by molar-refractivity contribution is -0.137. The maximum absolute atomic E-state index is 12.4. The van der Waals surface area contributed by atoms with Crippen molar-refractivity contribution in [3.63, 3.8) is 0 Å². The van der Waals surface area contributed by atoms with E-state index in [1.54, 1.807) is 0 Å². The van der Waals surface area contributed by atoms with Crippen LogP contribution in [0.15, 0.2) is 12.1 Å². The quantitative estimate of drug-likeness (QED) is 0.861. The minimum atomic E-state index is -4.48. The zero-order chi connectivity index (χ0) is 11.6. The Kier molecular flexibility index (Phi) is 3.46. The zero-order valence-corrected chi connectivity index (χ0v) is 8.62. The summed E-state index contributed by atoms with van der Waals surface area (Å²) in [6.45, 7) is -0.0383. The standard InChI is InChI=1S/C9H9ClF3NO/c1-15-8-3-7(10)6(9(11,12)13)2-5(8)4-14/h2-3H,4,14H2,1H3. The molecule has 0 heterocycles. The molecule has 0 aliphatic heterocycles. The lowest BCUT2D eigenvalue weighted by Gasteiger charge is -2.13. The number of benzene rings is 1. The van der Waals surface area contributed by atoms with Gasteiger partial charge in [-0.25, -0.2) is 0 Å². The number of hydrogen-bond donors (Lipinski definition) is 1. The Bertz CT molecular complexity index is 365. The van der Waals surface area contributed by atoms with Gasteiger partial charge in [0.2, 0.25) is 0 Å². The smallest absolute Gasteiger partial charge is 0.417 e. The van der Waals surface area contributed by atoms with Crippen LogP contribution in [0.25, 0.3) is 0 Å². The van der Waals surface area contributed by atoms with E-state index in [1.165, 1.54) is 7.11 Å². The van der Waals surface area contributed by atoms with Gasteiger partial charge in [-0.1, -0.05) is 11.6 Å². The summed E-state index contributed by atoms with van der Waals surface area (Å²) in [5.74, 6) is 0.260. The monoisotopic (exact) mass is 239 g/mol. The van der Waals surface area contributed by atoms with Crippen LogP contribution in [0.1, 0.15) is 11.1 Å². The number of rotatable bonds is 2. The molecular weight excluding hydrogens is 231 g/mol. The Morgan fingerprint density at radius 3 is 2.40 bits per heavy atom. The minimum Gasteiger partial charge on any atom is -0.496 e.